The highest BCUT2D eigenvalue weighted by Gasteiger charge is 2.06. The highest BCUT2D eigenvalue weighted by Crippen LogP contribution is 2.27. The molecule has 0 aromatic heterocycles. The van der Waals surface area contributed by atoms with Crippen LogP contribution in [0.2, 0.25) is 0 Å². The highest BCUT2D eigenvalue weighted by atomic mass is 16.5. The maximum atomic E-state index is 5.29. The minimum Gasteiger partial charge on any atom is -0.497 e. The molecule has 2 aromatic carbocycles. The first-order valence-corrected chi connectivity index (χ1v) is 6.13. The predicted octanol–water partition coefficient (Wildman–Crippen LogP) is 3.39. The molecule has 1 N–H and O–H groups in total. The fraction of sp³-hybridized carbons (Fsp3) is 0.250. The van der Waals surface area contributed by atoms with E-state index in [-0.39, 0.29) is 0 Å². The van der Waals surface area contributed by atoms with E-state index in [2.05, 4.69) is 48.6 Å². The van der Waals surface area contributed by atoms with Crippen molar-refractivity contribution in [3.8, 4) is 16.9 Å². The summed E-state index contributed by atoms with van der Waals surface area (Å²) in [4.78, 5) is 0. The summed E-state index contributed by atoms with van der Waals surface area (Å²) in [6, 6.07) is 14.8. The van der Waals surface area contributed by atoms with Crippen molar-refractivity contribution in [1.82, 2.24) is 5.32 Å². The van der Waals surface area contributed by atoms with Crippen molar-refractivity contribution in [1.29, 1.82) is 0 Å². The standard InChI is InChI=1S/C16H19NO/c1-12-5-4-6-13(9-12)16-8-7-15(18-3)10-14(16)11-17-2/h4-10,17H,11H2,1-3H3. The van der Waals surface area contributed by atoms with Crippen LogP contribution in [0.25, 0.3) is 11.1 Å². The van der Waals surface area contributed by atoms with Crippen molar-refractivity contribution in [2.24, 2.45) is 0 Å². The number of rotatable bonds is 4. The molecule has 0 unspecified atom stereocenters. The van der Waals surface area contributed by atoms with Gasteiger partial charge in [0.05, 0.1) is 7.11 Å². The fourth-order valence-electron chi connectivity index (χ4n) is 2.13. The van der Waals surface area contributed by atoms with Crippen molar-refractivity contribution in [2.45, 2.75) is 13.5 Å². The topological polar surface area (TPSA) is 21.3 Å². The van der Waals surface area contributed by atoms with Crippen LogP contribution in [-0.4, -0.2) is 14.2 Å². The average Bonchev–Trinajstić information content (AvgIpc) is 2.39. The Labute approximate surface area is 109 Å². The fourth-order valence-corrected chi connectivity index (χ4v) is 2.13. The summed E-state index contributed by atoms with van der Waals surface area (Å²) in [6.07, 6.45) is 0. The molecule has 18 heavy (non-hydrogen) atoms. The Morgan fingerprint density at radius 3 is 2.61 bits per heavy atom. The van der Waals surface area contributed by atoms with Crippen molar-refractivity contribution < 1.29 is 4.74 Å². The van der Waals surface area contributed by atoms with Crippen LogP contribution in [0, 0.1) is 6.92 Å². The molecule has 0 radical (unpaired) electrons. The van der Waals surface area contributed by atoms with Gasteiger partial charge in [-0.1, -0.05) is 35.9 Å². The maximum absolute atomic E-state index is 5.29. The molecule has 0 fully saturated rings. The van der Waals surface area contributed by atoms with Gasteiger partial charge in [0, 0.05) is 6.54 Å². The summed E-state index contributed by atoms with van der Waals surface area (Å²) in [7, 11) is 3.66. The van der Waals surface area contributed by atoms with Gasteiger partial charge in [-0.15, -0.1) is 0 Å². The smallest absolute Gasteiger partial charge is 0.119 e. The number of nitrogens with one attached hydrogen (secondary N) is 1. The lowest BCUT2D eigenvalue weighted by Crippen LogP contribution is -2.06. The molecule has 94 valence electrons. The van der Waals surface area contributed by atoms with Gasteiger partial charge in [0.1, 0.15) is 5.75 Å². The van der Waals surface area contributed by atoms with E-state index in [1.165, 1.54) is 22.3 Å². The van der Waals surface area contributed by atoms with Gasteiger partial charge in [-0.2, -0.15) is 0 Å². The zero-order chi connectivity index (χ0) is 13.0. The molecule has 0 aliphatic rings. The van der Waals surface area contributed by atoms with Crippen LogP contribution in [0.15, 0.2) is 42.5 Å². The molecule has 0 saturated heterocycles. The van der Waals surface area contributed by atoms with Crippen molar-refractivity contribution >= 4 is 0 Å². The summed E-state index contributed by atoms with van der Waals surface area (Å²) in [5.41, 5.74) is 5.04. The van der Waals surface area contributed by atoms with Gasteiger partial charge in [-0.3, -0.25) is 0 Å². The van der Waals surface area contributed by atoms with Crippen LogP contribution in [0.1, 0.15) is 11.1 Å². The van der Waals surface area contributed by atoms with E-state index in [0.29, 0.717) is 0 Å². The van der Waals surface area contributed by atoms with Crippen LogP contribution >= 0.6 is 0 Å². The number of methoxy groups -OCH3 is 1. The summed E-state index contributed by atoms with van der Waals surface area (Å²) in [5.74, 6) is 0.900. The third kappa shape index (κ3) is 2.71. The Bertz CT molecular complexity index is 534. The molecular formula is C16H19NO. The van der Waals surface area contributed by atoms with Crippen molar-refractivity contribution in [3.05, 3.63) is 53.6 Å². The minimum atomic E-state index is 0.834. The van der Waals surface area contributed by atoms with Gasteiger partial charge in [0.15, 0.2) is 0 Å². The number of hydrogen-bond donors (Lipinski definition) is 1. The molecule has 2 rings (SSSR count). The lowest BCUT2D eigenvalue weighted by Gasteiger charge is -2.12. The highest BCUT2D eigenvalue weighted by molar-refractivity contribution is 5.69. The van der Waals surface area contributed by atoms with Gasteiger partial charge in [-0.25, -0.2) is 0 Å². The molecule has 0 amide bonds. The molecule has 2 aromatic rings. The largest absolute Gasteiger partial charge is 0.497 e. The van der Waals surface area contributed by atoms with Gasteiger partial charge in [-0.05, 0) is 42.8 Å². The molecule has 0 saturated carbocycles. The quantitative estimate of drug-likeness (QED) is 0.886. The van der Waals surface area contributed by atoms with Crippen LogP contribution in [0.5, 0.6) is 5.75 Å². The van der Waals surface area contributed by atoms with Crippen LogP contribution in [0.3, 0.4) is 0 Å². The lowest BCUT2D eigenvalue weighted by molar-refractivity contribution is 0.414. The third-order valence-corrected chi connectivity index (χ3v) is 3.01. The van der Waals surface area contributed by atoms with Crippen LogP contribution in [0.4, 0.5) is 0 Å². The number of hydrogen-bond acceptors (Lipinski definition) is 2. The second-order valence-electron chi connectivity index (χ2n) is 4.42. The van der Waals surface area contributed by atoms with Gasteiger partial charge >= 0.3 is 0 Å². The second-order valence-corrected chi connectivity index (χ2v) is 4.42. The molecule has 0 heterocycles. The monoisotopic (exact) mass is 241 g/mol. The van der Waals surface area contributed by atoms with E-state index < -0.39 is 0 Å². The normalized spacial score (nSPS) is 10.4. The van der Waals surface area contributed by atoms with Gasteiger partial charge < -0.3 is 10.1 Å². The van der Waals surface area contributed by atoms with Crippen LogP contribution in [-0.2, 0) is 6.54 Å². The molecule has 2 nitrogen and oxygen atoms in total. The molecular weight excluding hydrogens is 222 g/mol. The summed E-state index contributed by atoms with van der Waals surface area (Å²) < 4.78 is 5.29. The van der Waals surface area contributed by atoms with Gasteiger partial charge in [0.2, 0.25) is 0 Å². The maximum Gasteiger partial charge on any atom is 0.119 e. The zero-order valence-corrected chi connectivity index (χ0v) is 11.2. The number of aryl methyl sites for hydroxylation is 1. The lowest BCUT2D eigenvalue weighted by atomic mass is 9.98. The van der Waals surface area contributed by atoms with E-state index in [0.717, 1.165) is 12.3 Å². The second kappa shape index (κ2) is 5.69. The Hall–Kier alpha value is -1.80. The molecule has 0 spiro atoms. The van der Waals surface area contributed by atoms with E-state index >= 15 is 0 Å². The van der Waals surface area contributed by atoms with Gasteiger partial charge in [0.25, 0.3) is 0 Å². The van der Waals surface area contributed by atoms with E-state index in [1.807, 2.05) is 13.1 Å². The van der Waals surface area contributed by atoms with E-state index in [9.17, 15) is 0 Å². The van der Waals surface area contributed by atoms with Crippen molar-refractivity contribution in [3.63, 3.8) is 0 Å². The molecule has 0 aliphatic carbocycles. The first-order chi connectivity index (χ1) is 8.74. The average molecular weight is 241 g/mol. The first kappa shape index (κ1) is 12.7. The Morgan fingerprint density at radius 2 is 1.94 bits per heavy atom. The third-order valence-electron chi connectivity index (χ3n) is 3.01. The van der Waals surface area contributed by atoms with Crippen LogP contribution < -0.4 is 10.1 Å². The summed E-state index contributed by atoms with van der Waals surface area (Å²) in [6.45, 7) is 2.95. The van der Waals surface area contributed by atoms with Crippen molar-refractivity contribution in [2.75, 3.05) is 14.2 Å². The summed E-state index contributed by atoms with van der Waals surface area (Å²) in [5, 5.41) is 3.20. The van der Waals surface area contributed by atoms with E-state index in [1.54, 1.807) is 7.11 Å². The molecule has 0 atom stereocenters. The summed E-state index contributed by atoms with van der Waals surface area (Å²) >= 11 is 0. The molecule has 0 aliphatic heterocycles. The number of benzene rings is 2. The molecule has 0 bridgehead atoms. The Balaban J connectivity index is 2.49. The predicted molar refractivity (Wildman–Crippen MR) is 75.9 cm³/mol. The first-order valence-electron chi connectivity index (χ1n) is 6.13. The zero-order valence-electron chi connectivity index (χ0n) is 11.2. The minimum absolute atomic E-state index is 0.834. The Morgan fingerprint density at radius 1 is 1.11 bits per heavy atom. The number of ether oxygens (including phenoxy) is 1. The van der Waals surface area contributed by atoms with E-state index in [4.69, 9.17) is 4.74 Å². The SMILES string of the molecule is CNCc1cc(OC)ccc1-c1cccc(C)c1. The molecule has 2 heteroatoms. The Kier molecular flexibility index (Phi) is 4.00.